The molecule has 0 fully saturated rings. The largest absolute Gasteiger partial charge is 0.233 e. The van der Waals surface area contributed by atoms with Crippen molar-refractivity contribution in [2.45, 2.75) is 23.0 Å². The monoisotopic (exact) mass is 328 g/mol. The lowest BCUT2D eigenvalue weighted by atomic mass is 9.90. The second-order valence-corrected chi connectivity index (χ2v) is 7.49. The second kappa shape index (κ2) is 5.32. The zero-order chi connectivity index (χ0) is 16.1. The molecule has 1 aliphatic carbocycles. The van der Waals surface area contributed by atoms with Gasteiger partial charge in [-0.15, -0.1) is 11.8 Å². The van der Waals surface area contributed by atoms with E-state index in [2.05, 4.69) is 65.7 Å². The average molecular weight is 328 g/mol. The van der Waals surface area contributed by atoms with Crippen molar-refractivity contribution in [3.63, 3.8) is 0 Å². The maximum atomic E-state index is 4.75. The molecule has 1 aliphatic heterocycles. The third-order valence-corrected chi connectivity index (χ3v) is 6.05. The Bertz CT molecular complexity index is 1020. The number of aromatic nitrogens is 2. The molecule has 1 aromatic heterocycles. The van der Waals surface area contributed by atoms with E-state index in [0.29, 0.717) is 11.2 Å². The first-order valence-corrected chi connectivity index (χ1v) is 9.07. The van der Waals surface area contributed by atoms with Crippen LogP contribution >= 0.6 is 11.8 Å². The summed E-state index contributed by atoms with van der Waals surface area (Å²) >= 11 is 1.96. The van der Waals surface area contributed by atoms with Crippen LogP contribution in [0.5, 0.6) is 0 Å². The molecule has 2 heterocycles. The first-order valence-electron chi connectivity index (χ1n) is 8.19. The summed E-state index contributed by atoms with van der Waals surface area (Å²) in [5.41, 5.74) is 4.64. The quantitative estimate of drug-likeness (QED) is 0.607. The highest BCUT2D eigenvalue weighted by Crippen LogP contribution is 2.49. The minimum Gasteiger partial charge on any atom is -0.233 e. The number of fused-ring (bicyclic) bond motifs is 4. The lowest BCUT2D eigenvalue weighted by Gasteiger charge is -2.15. The minimum absolute atomic E-state index is 0.476. The molecular weight excluding hydrogens is 312 g/mol. The van der Waals surface area contributed by atoms with Crippen LogP contribution in [0.2, 0.25) is 0 Å². The molecule has 0 radical (unpaired) electrons. The number of hydrogen-bond donors (Lipinski definition) is 0. The number of rotatable bonds is 1. The van der Waals surface area contributed by atoms with Crippen molar-refractivity contribution in [3.8, 4) is 11.3 Å². The highest BCUT2D eigenvalue weighted by molar-refractivity contribution is 8.00. The van der Waals surface area contributed by atoms with E-state index in [1.165, 1.54) is 16.0 Å². The first kappa shape index (κ1) is 14.0. The lowest BCUT2D eigenvalue weighted by Crippen LogP contribution is -2.06. The van der Waals surface area contributed by atoms with Crippen LogP contribution < -0.4 is 0 Å². The summed E-state index contributed by atoms with van der Waals surface area (Å²) in [4.78, 5) is 10.7. The fraction of sp³-hybridized carbons (Fsp3) is 0.143. The van der Waals surface area contributed by atoms with Gasteiger partial charge in [0.25, 0.3) is 0 Å². The number of allylic oxidation sites excluding steroid dienone is 3. The van der Waals surface area contributed by atoms with Gasteiger partial charge in [-0.2, -0.15) is 0 Å². The summed E-state index contributed by atoms with van der Waals surface area (Å²) in [6.07, 6.45) is 8.94. The molecule has 0 saturated carbocycles. The van der Waals surface area contributed by atoms with Crippen LogP contribution in [0.15, 0.2) is 71.7 Å². The van der Waals surface area contributed by atoms with Crippen molar-refractivity contribution in [3.05, 3.63) is 78.2 Å². The molecule has 24 heavy (non-hydrogen) atoms. The molecule has 0 bridgehead atoms. The number of aryl methyl sites for hydroxylation is 1. The van der Waals surface area contributed by atoms with Gasteiger partial charge >= 0.3 is 0 Å². The van der Waals surface area contributed by atoms with Gasteiger partial charge in [0.2, 0.25) is 0 Å². The smallest absolute Gasteiger partial charge is 0.126 e. The van der Waals surface area contributed by atoms with Crippen molar-refractivity contribution < 1.29 is 0 Å². The number of para-hydroxylation sites is 1. The van der Waals surface area contributed by atoms with Gasteiger partial charge in [0.1, 0.15) is 5.82 Å². The van der Waals surface area contributed by atoms with E-state index in [0.717, 1.165) is 22.4 Å². The Morgan fingerprint density at radius 3 is 2.79 bits per heavy atom. The second-order valence-electron chi connectivity index (χ2n) is 6.27. The molecule has 0 amide bonds. The summed E-state index contributed by atoms with van der Waals surface area (Å²) in [6.45, 7) is 1.96. The molecule has 3 aromatic rings. The molecule has 2 unspecified atom stereocenters. The zero-order valence-electron chi connectivity index (χ0n) is 13.3. The maximum absolute atomic E-state index is 4.75. The Labute approximate surface area is 145 Å². The Kier molecular flexibility index (Phi) is 3.10. The van der Waals surface area contributed by atoms with Gasteiger partial charge in [-0.05, 0) is 30.7 Å². The van der Waals surface area contributed by atoms with Gasteiger partial charge < -0.3 is 0 Å². The molecule has 0 spiro atoms. The predicted molar refractivity (Wildman–Crippen MR) is 100 cm³/mol. The van der Waals surface area contributed by atoms with Crippen molar-refractivity contribution in [2.75, 3.05) is 0 Å². The molecule has 3 heteroatoms. The summed E-state index contributed by atoms with van der Waals surface area (Å²) < 4.78 is 0. The summed E-state index contributed by atoms with van der Waals surface area (Å²) in [6, 6.07) is 15.0. The summed E-state index contributed by atoms with van der Waals surface area (Å²) in [5.74, 6) is 1.29. The minimum atomic E-state index is 0.476. The summed E-state index contributed by atoms with van der Waals surface area (Å²) in [5, 5.41) is 1.65. The third kappa shape index (κ3) is 2.12. The van der Waals surface area contributed by atoms with Crippen LogP contribution in [0.25, 0.3) is 22.2 Å². The highest BCUT2D eigenvalue weighted by atomic mass is 32.2. The standard InChI is InChI=1S/C21H16N2S/c1-13-22-18-8-4-2-7-16(18)21(23-13)14-10-11-20-17(12-14)15-6-3-5-9-19(15)24-20/h2-12,15,19H,1H3. The highest BCUT2D eigenvalue weighted by Gasteiger charge is 2.31. The fourth-order valence-electron chi connectivity index (χ4n) is 3.60. The lowest BCUT2D eigenvalue weighted by molar-refractivity contribution is 0.881. The topological polar surface area (TPSA) is 25.8 Å². The van der Waals surface area contributed by atoms with E-state index in [1.807, 2.05) is 24.8 Å². The van der Waals surface area contributed by atoms with Crippen LogP contribution in [0.3, 0.4) is 0 Å². The first-order chi connectivity index (χ1) is 11.8. The van der Waals surface area contributed by atoms with Crippen LogP contribution in [0.4, 0.5) is 0 Å². The van der Waals surface area contributed by atoms with Crippen LogP contribution in [-0.4, -0.2) is 15.2 Å². The molecule has 2 aromatic carbocycles. The molecule has 2 aliphatic rings. The number of nitrogens with zero attached hydrogens (tertiary/aromatic N) is 2. The van der Waals surface area contributed by atoms with Gasteiger partial charge in [0.05, 0.1) is 11.2 Å². The molecule has 2 nitrogen and oxygen atoms in total. The third-order valence-electron chi connectivity index (χ3n) is 4.70. The molecule has 5 rings (SSSR count). The average Bonchev–Trinajstić information content (AvgIpc) is 2.99. The van der Waals surface area contributed by atoms with Crippen LogP contribution in [0.1, 0.15) is 17.3 Å². The molecule has 0 saturated heterocycles. The van der Waals surface area contributed by atoms with Gasteiger partial charge in [-0.3, -0.25) is 0 Å². The van der Waals surface area contributed by atoms with Crippen LogP contribution in [0, 0.1) is 6.92 Å². The van der Waals surface area contributed by atoms with Gasteiger partial charge in [0.15, 0.2) is 0 Å². The number of benzene rings is 2. The van der Waals surface area contributed by atoms with Crippen molar-refractivity contribution in [1.82, 2.24) is 9.97 Å². The van der Waals surface area contributed by atoms with Crippen molar-refractivity contribution in [2.24, 2.45) is 0 Å². The van der Waals surface area contributed by atoms with Gasteiger partial charge in [0, 0.05) is 27.0 Å². The van der Waals surface area contributed by atoms with E-state index in [9.17, 15) is 0 Å². The van der Waals surface area contributed by atoms with Crippen LogP contribution in [-0.2, 0) is 0 Å². The fourth-order valence-corrected chi connectivity index (χ4v) is 4.93. The normalized spacial score (nSPS) is 21.0. The van der Waals surface area contributed by atoms with E-state index < -0.39 is 0 Å². The Balaban J connectivity index is 1.70. The summed E-state index contributed by atoms with van der Waals surface area (Å²) in [7, 11) is 0. The zero-order valence-corrected chi connectivity index (χ0v) is 14.1. The number of hydrogen-bond acceptors (Lipinski definition) is 3. The van der Waals surface area contributed by atoms with E-state index in [4.69, 9.17) is 4.98 Å². The number of thioether (sulfide) groups is 1. The molecule has 116 valence electrons. The van der Waals surface area contributed by atoms with E-state index in [1.54, 1.807) is 0 Å². The van der Waals surface area contributed by atoms with E-state index >= 15 is 0 Å². The molecule has 0 N–H and O–H groups in total. The van der Waals surface area contributed by atoms with Gasteiger partial charge in [-0.1, -0.05) is 48.6 Å². The van der Waals surface area contributed by atoms with Crippen molar-refractivity contribution >= 4 is 22.7 Å². The molecule has 2 atom stereocenters. The maximum Gasteiger partial charge on any atom is 0.126 e. The Hall–Kier alpha value is -2.39. The Morgan fingerprint density at radius 2 is 1.83 bits per heavy atom. The SMILES string of the molecule is Cc1nc(-c2ccc3c(c2)C2C=CC=CC2S3)c2ccccc2n1. The predicted octanol–water partition coefficient (Wildman–Crippen LogP) is 5.29. The van der Waals surface area contributed by atoms with Crippen molar-refractivity contribution in [1.29, 1.82) is 0 Å². The van der Waals surface area contributed by atoms with E-state index in [-0.39, 0.29) is 0 Å². The van der Waals surface area contributed by atoms with Gasteiger partial charge in [-0.25, -0.2) is 9.97 Å². The Morgan fingerprint density at radius 1 is 0.958 bits per heavy atom. The molecular formula is C21H16N2S.